The molecule has 0 saturated heterocycles. The average Bonchev–Trinajstić information content (AvgIpc) is 3.07. The molecule has 0 atom stereocenters. The Hall–Kier alpha value is -2.88. The lowest BCUT2D eigenvalue weighted by atomic mass is 10.0. The van der Waals surface area contributed by atoms with Crippen LogP contribution in [0.25, 0.3) is 0 Å². The molecule has 1 heterocycles. The monoisotopic (exact) mass is 292 g/mol. The molecule has 3 aromatic rings. The molecule has 0 amide bonds. The van der Waals surface area contributed by atoms with E-state index in [0.717, 1.165) is 11.1 Å². The number of esters is 1. The zero-order valence-electron chi connectivity index (χ0n) is 12.0. The number of nitrogens with zero attached hydrogens (tertiary/aromatic N) is 2. The molecular formula is C18H16N2O2. The highest BCUT2D eigenvalue weighted by Crippen LogP contribution is 2.26. The maximum absolute atomic E-state index is 12.2. The molecule has 0 aliphatic carbocycles. The lowest BCUT2D eigenvalue weighted by Crippen LogP contribution is -2.17. The van der Waals surface area contributed by atoms with Gasteiger partial charge in [-0.05, 0) is 11.1 Å². The molecule has 0 aliphatic heterocycles. The highest BCUT2D eigenvalue weighted by Gasteiger charge is 2.18. The first-order valence-electron chi connectivity index (χ1n) is 7.08. The van der Waals surface area contributed by atoms with Crippen LogP contribution in [0.5, 0.6) is 0 Å². The Kier molecular flexibility index (Phi) is 4.30. The third-order valence-electron chi connectivity index (χ3n) is 3.32. The van der Waals surface area contributed by atoms with Crippen LogP contribution in [0.3, 0.4) is 0 Å². The Labute approximate surface area is 129 Å². The maximum Gasteiger partial charge on any atom is 0.326 e. The van der Waals surface area contributed by atoms with Crippen molar-refractivity contribution >= 4 is 5.97 Å². The fourth-order valence-corrected chi connectivity index (χ4v) is 2.28. The van der Waals surface area contributed by atoms with E-state index in [1.807, 2.05) is 60.7 Å². The van der Waals surface area contributed by atoms with Crippen LogP contribution < -0.4 is 0 Å². The first-order valence-corrected chi connectivity index (χ1v) is 7.08. The molecule has 110 valence electrons. The fraction of sp³-hybridized carbons (Fsp3) is 0.111. The summed E-state index contributed by atoms with van der Waals surface area (Å²) in [7, 11) is 0. The summed E-state index contributed by atoms with van der Waals surface area (Å²) in [5.41, 5.74) is 1.90. The quantitative estimate of drug-likeness (QED) is 0.678. The van der Waals surface area contributed by atoms with Crippen LogP contribution in [0.4, 0.5) is 0 Å². The van der Waals surface area contributed by atoms with Gasteiger partial charge in [-0.15, -0.1) is 0 Å². The van der Waals surface area contributed by atoms with Crippen LogP contribution >= 0.6 is 0 Å². The molecular weight excluding hydrogens is 276 g/mol. The number of rotatable bonds is 5. The molecule has 2 aromatic carbocycles. The summed E-state index contributed by atoms with van der Waals surface area (Å²) in [6.07, 6.45) is 4.57. The van der Waals surface area contributed by atoms with E-state index in [1.54, 1.807) is 23.3 Å². The number of hydrogen-bond acceptors (Lipinski definition) is 3. The van der Waals surface area contributed by atoms with Gasteiger partial charge >= 0.3 is 5.97 Å². The van der Waals surface area contributed by atoms with E-state index in [4.69, 9.17) is 4.74 Å². The minimum atomic E-state index is -0.404. The molecule has 0 radical (unpaired) electrons. The summed E-state index contributed by atoms with van der Waals surface area (Å²) >= 11 is 0. The third kappa shape index (κ3) is 3.41. The summed E-state index contributed by atoms with van der Waals surface area (Å²) in [4.78, 5) is 16.1. The minimum absolute atomic E-state index is 0.149. The van der Waals surface area contributed by atoms with Crippen LogP contribution in [0, 0.1) is 0 Å². The van der Waals surface area contributed by atoms with Gasteiger partial charge in [-0.2, -0.15) is 0 Å². The van der Waals surface area contributed by atoms with Gasteiger partial charge in [0.1, 0.15) is 6.54 Å². The maximum atomic E-state index is 12.2. The van der Waals surface area contributed by atoms with E-state index in [-0.39, 0.29) is 12.5 Å². The molecule has 1 aromatic heterocycles. The van der Waals surface area contributed by atoms with Crippen molar-refractivity contribution in [2.24, 2.45) is 0 Å². The summed E-state index contributed by atoms with van der Waals surface area (Å²) < 4.78 is 7.40. The first kappa shape index (κ1) is 14.1. The smallest absolute Gasteiger partial charge is 0.326 e. The zero-order chi connectivity index (χ0) is 15.2. The van der Waals surface area contributed by atoms with Gasteiger partial charge in [0, 0.05) is 12.4 Å². The topological polar surface area (TPSA) is 44.1 Å². The number of aromatic nitrogens is 2. The zero-order valence-corrected chi connectivity index (χ0v) is 12.0. The molecule has 4 heteroatoms. The van der Waals surface area contributed by atoms with Gasteiger partial charge in [0.2, 0.25) is 0 Å². The van der Waals surface area contributed by atoms with Crippen molar-refractivity contribution in [1.82, 2.24) is 9.55 Å². The van der Waals surface area contributed by atoms with Crippen molar-refractivity contribution in [2.75, 3.05) is 0 Å². The van der Waals surface area contributed by atoms with E-state index in [1.165, 1.54) is 0 Å². The largest absolute Gasteiger partial charge is 0.451 e. The lowest BCUT2D eigenvalue weighted by Gasteiger charge is -2.19. The molecule has 0 fully saturated rings. The molecule has 22 heavy (non-hydrogen) atoms. The van der Waals surface area contributed by atoms with Crippen molar-refractivity contribution in [3.63, 3.8) is 0 Å². The average molecular weight is 292 g/mol. The molecule has 4 nitrogen and oxygen atoms in total. The Morgan fingerprint density at radius 3 is 2.09 bits per heavy atom. The van der Waals surface area contributed by atoms with Gasteiger partial charge in [-0.1, -0.05) is 60.7 Å². The van der Waals surface area contributed by atoms with Crippen LogP contribution in [-0.4, -0.2) is 15.5 Å². The van der Waals surface area contributed by atoms with Gasteiger partial charge in [0.25, 0.3) is 0 Å². The molecule has 3 rings (SSSR count). The fourth-order valence-electron chi connectivity index (χ4n) is 2.28. The second-order valence-electron chi connectivity index (χ2n) is 4.93. The number of imidazole rings is 1. The predicted octanol–water partition coefficient (Wildman–Crippen LogP) is 3.22. The van der Waals surface area contributed by atoms with Crippen molar-refractivity contribution in [3.8, 4) is 0 Å². The number of benzene rings is 2. The predicted molar refractivity (Wildman–Crippen MR) is 83.0 cm³/mol. The van der Waals surface area contributed by atoms with Crippen LogP contribution in [0.2, 0.25) is 0 Å². The van der Waals surface area contributed by atoms with Gasteiger partial charge in [-0.3, -0.25) is 4.79 Å². The highest BCUT2D eigenvalue weighted by molar-refractivity contribution is 5.70. The van der Waals surface area contributed by atoms with Crippen molar-refractivity contribution < 1.29 is 9.53 Å². The minimum Gasteiger partial charge on any atom is -0.451 e. The number of ether oxygens (including phenoxy) is 1. The molecule has 0 N–H and O–H groups in total. The number of carbonyl (C=O) groups is 1. The molecule has 0 saturated carbocycles. The Bertz CT molecular complexity index is 670. The van der Waals surface area contributed by atoms with Crippen LogP contribution in [0.1, 0.15) is 17.2 Å². The lowest BCUT2D eigenvalue weighted by molar-refractivity contribution is -0.148. The van der Waals surface area contributed by atoms with Crippen LogP contribution in [-0.2, 0) is 16.1 Å². The first-order chi connectivity index (χ1) is 10.8. The van der Waals surface area contributed by atoms with Gasteiger partial charge < -0.3 is 9.30 Å². The van der Waals surface area contributed by atoms with Gasteiger partial charge in [0.05, 0.1) is 6.33 Å². The van der Waals surface area contributed by atoms with Gasteiger partial charge in [-0.25, -0.2) is 4.98 Å². The Morgan fingerprint density at radius 2 is 1.59 bits per heavy atom. The third-order valence-corrected chi connectivity index (χ3v) is 3.32. The van der Waals surface area contributed by atoms with Crippen LogP contribution in [0.15, 0.2) is 79.4 Å². The van der Waals surface area contributed by atoms with Crippen molar-refractivity contribution in [1.29, 1.82) is 0 Å². The number of hydrogen-bond donors (Lipinski definition) is 0. The number of carbonyl (C=O) groups excluding carboxylic acids is 1. The van der Waals surface area contributed by atoms with E-state index >= 15 is 0 Å². The van der Waals surface area contributed by atoms with E-state index < -0.39 is 6.10 Å². The summed E-state index contributed by atoms with van der Waals surface area (Å²) in [5.74, 6) is -0.296. The SMILES string of the molecule is O=C(Cn1ccnc1)OC(c1ccccc1)c1ccccc1. The highest BCUT2D eigenvalue weighted by atomic mass is 16.5. The molecule has 0 unspecified atom stereocenters. The van der Waals surface area contributed by atoms with E-state index in [2.05, 4.69) is 4.98 Å². The Balaban J connectivity index is 1.81. The molecule has 0 bridgehead atoms. The van der Waals surface area contributed by atoms with Gasteiger partial charge in [0.15, 0.2) is 6.10 Å². The second kappa shape index (κ2) is 6.72. The summed E-state index contributed by atoms with van der Waals surface area (Å²) in [6.45, 7) is 0.149. The second-order valence-corrected chi connectivity index (χ2v) is 4.93. The molecule has 0 aliphatic rings. The summed E-state index contributed by atoms with van der Waals surface area (Å²) in [5, 5.41) is 0. The standard InChI is InChI=1S/C18H16N2O2/c21-17(13-20-12-11-19-14-20)22-18(15-7-3-1-4-8-15)16-9-5-2-6-10-16/h1-12,14,18H,13H2. The molecule has 0 spiro atoms. The Morgan fingerprint density at radius 1 is 1.00 bits per heavy atom. The van der Waals surface area contributed by atoms with E-state index in [0.29, 0.717) is 0 Å². The van der Waals surface area contributed by atoms with Crippen molar-refractivity contribution in [2.45, 2.75) is 12.6 Å². The normalized spacial score (nSPS) is 10.6. The van der Waals surface area contributed by atoms with Crippen molar-refractivity contribution in [3.05, 3.63) is 90.5 Å². The summed E-state index contributed by atoms with van der Waals surface area (Å²) in [6, 6.07) is 19.5. The van der Waals surface area contributed by atoms with E-state index in [9.17, 15) is 4.79 Å².